The predicted octanol–water partition coefficient (Wildman–Crippen LogP) is 4.05. The molecule has 1 aliphatic rings. The van der Waals surface area contributed by atoms with Crippen molar-refractivity contribution in [1.82, 2.24) is 24.5 Å². The molecule has 1 fully saturated rings. The summed E-state index contributed by atoms with van der Waals surface area (Å²) in [6, 6.07) is 8.74. The number of thiophene rings is 1. The van der Waals surface area contributed by atoms with E-state index in [1.54, 1.807) is 11.3 Å². The average Bonchev–Trinajstić information content (AvgIpc) is 3.57. The molecule has 0 atom stereocenters. The molecule has 4 N–H and O–H groups in total. The number of anilines is 2. The minimum absolute atomic E-state index is 0.462. The largest absolute Gasteiger partial charge is 0.364 e. The summed E-state index contributed by atoms with van der Waals surface area (Å²) in [6.45, 7) is 1.75. The van der Waals surface area contributed by atoms with E-state index in [1.807, 2.05) is 18.6 Å². The summed E-state index contributed by atoms with van der Waals surface area (Å²) in [5.74, 6) is 1.30. The molecule has 5 rings (SSSR count). The summed E-state index contributed by atoms with van der Waals surface area (Å²) in [6.07, 6.45) is 8.68. The fraction of sp³-hybridized carbons (Fsp3) is 0.364. The Hall–Kier alpha value is -3.04. The zero-order valence-corrected chi connectivity index (χ0v) is 18.1. The fourth-order valence-electron chi connectivity index (χ4n) is 4.04. The molecule has 1 aliphatic carbocycles. The maximum absolute atomic E-state index is 5.66. The molecule has 0 bridgehead atoms. The quantitative estimate of drug-likeness (QED) is 0.384. The number of hydrogen-bond acceptors (Lipinski definition) is 8. The van der Waals surface area contributed by atoms with Crippen LogP contribution in [0.3, 0.4) is 0 Å². The highest BCUT2D eigenvalue weighted by atomic mass is 32.1. The van der Waals surface area contributed by atoms with Gasteiger partial charge >= 0.3 is 0 Å². The molecule has 0 amide bonds. The van der Waals surface area contributed by atoms with E-state index in [9.17, 15) is 0 Å². The maximum Gasteiger partial charge on any atom is 0.226 e. The molecule has 0 radical (unpaired) electrons. The lowest BCUT2D eigenvalue weighted by atomic mass is 10.2. The number of nitrogens with one attached hydrogen (secondary N) is 2. The van der Waals surface area contributed by atoms with E-state index in [2.05, 4.69) is 53.7 Å². The Morgan fingerprint density at radius 1 is 1.10 bits per heavy atom. The van der Waals surface area contributed by atoms with E-state index in [0.717, 1.165) is 28.2 Å². The van der Waals surface area contributed by atoms with Gasteiger partial charge in [-0.15, -0.1) is 11.3 Å². The first kappa shape index (κ1) is 19.9. The zero-order valence-electron chi connectivity index (χ0n) is 17.3. The first-order chi connectivity index (χ1) is 15.3. The summed E-state index contributed by atoms with van der Waals surface area (Å²) in [5, 5.41) is 8.72. The Bertz CT molecular complexity index is 1130. The molecule has 0 unspecified atom stereocenters. The molecular formula is C22H26N8S. The van der Waals surface area contributed by atoms with E-state index in [0.29, 0.717) is 31.6 Å². The molecular weight excluding hydrogens is 408 g/mol. The van der Waals surface area contributed by atoms with Gasteiger partial charge in [-0.25, -0.2) is 4.98 Å². The highest BCUT2D eigenvalue weighted by Gasteiger charge is 2.21. The minimum Gasteiger partial charge on any atom is -0.364 e. The second-order valence-electron chi connectivity index (χ2n) is 7.76. The maximum atomic E-state index is 5.66. The van der Waals surface area contributed by atoms with Crippen molar-refractivity contribution >= 4 is 34.3 Å². The first-order valence-electron chi connectivity index (χ1n) is 10.7. The summed E-state index contributed by atoms with van der Waals surface area (Å²) < 4.78 is 2.21. The topological polar surface area (TPSA) is 107 Å². The number of aromatic nitrogens is 5. The second kappa shape index (κ2) is 8.99. The number of nitrogens with zero attached hydrogens (tertiary/aromatic N) is 5. The first-order valence-corrected chi connectivity index (χ1v) is 11.6. The monoisotopic (exact) mass is 434 g/mol. The van der Waals surface area contributed by atoms with E-state index in [4.69, 9.17) is 10.7 Å². The van der Waals surface area contributed by atoms with Crippen LogP contribution in [-0.4, -0.2) is 37.6 Å². The van der Waals surface area contributed by atoms with Crippen LogP contribution in [0.25, 0.3) is 21.7 Å². The number of nitrogens with two attached hydrogens (primary N) is 1. The number of rotatable bonds is 8. The number of pyridine rings is 1. The van der Waals surface area contributed by atoms with E-state index in [1.165, 1.54) is 30.6 Å². The third-order valence-corrected chi connectivity index (χ3v) is 6.52. The lowest BCUT2D eigenvalue weighted by Gasteiger charge is -2.13. The van der Waals surface area contributed by atoms with Crippen LogP contribution in [0, 0.1) is 0 Å². The fourth-order valence-corrected chi connectivity index (χ4v) is 4.74. The molecule has 0 saturated heterocycles. The molecule has 160 valence electrons. The van der Waals surface area contributed by atoms with Crippen LogP contribution in [0.15, 0.2) is 42.2 Å². The molecule has 0 aliphatic heterocycles. The summed E-state index contributed by atoms with van der Waals surface area (Å²) in [5.41, 5.74) is 9.41. The van der Waals surface area contributed by atoms with Gasteiger partial charge in [0, 0.05) is 31.9 Å². The third-order valence-electron chi connectivity index (χ3n) is 5.63. The van der Waals surface area contributed by atoms with Gasteiger partial charge in [0.05, 0.1) is 16.9 Å². The molecule has 0 aromatic carbocycles. The highest BCUT2D eigenvalue weighted by Crippen LogP contribution is 2.33. The number of fused-ring (bicyclic) bond motifs is 1. The van der Waals surface area contributed by atoms with Crippen LogP contribution in [0.1, 0.15) is 37.3 Å². The van der Waals surface area contributed by atoms with Gasteiger partial charge in [-0.2, -0.15) is 9.97 Å². The summed E-state index contributed by atoms with van der Waals surface area (Å²) >= 11 is 1.69. The third kappa shape index (κ3) is 4.24. The standard InChI is InChI=1S/C22H26N8S/c23-9-10-24-22-28-20(19-21(29-22)30(14-27-19)16-4-1-2-5-16)26-13-15-7-8-17(25-12-15)18-6-3-11-31-18/h3,6-8,11-12,14,16H,1-2,4-5,9-10,13,23H2,(H2,24,26,28,29). The van der Waals surface area contributed by atoms with Crippen LogP contribution < -0.4 is 16.4 Å². The van der Waals surface area contributed by atoms with Crippen molar-refractivity contribution in [1.29, 1.82) is 0 Å². The Morgan fingerprint density at radius 2 is 2.00 bits per heavy atom. The Balaban J connectivity index is 1.40. The van der Waals surface area contributed by atoms with Crippen molar-refractivity contribution in [2.24, 2.45) is 5.73 Å². The Kier molecular flexibility index (Phi) is 5.77. The van der Waals surface area contributed by atoms with E-state index >= 15 is 0 Å². The van der Waals surface area contributed by atoms with Gasteiger partial charge in [0.1, 0.15) is 0 Å². The van der Waals surface area contributed by atoms with E-state index in [-0.39, 0.29) is 0 Å². The average molecular weight is 435 g/mol. The van der Waals surface area contributed by atoms with Crippen LogP contribution in [-0.2, 0) is 6.54 Å². The van der Waals surface area contributed by atoms with Gasteiger partial charge in [-0.05, 0) is 35.9 Å². The number of hydrogen-bond donors (Lipinski definition) is 3. The molecule has 9 heteroatoms. The molecule has 0 spiro atoms. The SMILES string of the molecule is NCCNc1nc(NCc2ccc(-c3cccs3)nc2)c2ncn(C3CCCC3)c2n1. The van der Waals surface area contributed by atoms with Crippen LogP contribution in [0.5, 0.6) is 0 Å². The van der Waals surface area contributed by atoms with Crippen LogP contribution in [0.4, 0.5) is 11.8 Å². The highest BCUT2D eigenvalue weighted by molar-refractivity contribution is 7.13. The van der Waals surface area contributed by atoms with Crippen molar-refractivity contribution in [3.05, 3.63) is 47.7 Å². The normalized spacial score (nSPS) is 14.4. The van der Waals surface area contributed by atoms with E-state index < -0.39 is 0 Å². The lowest BCUT2D eigenvalue weighted by molar-refractivity contribution is 0.529. The van der Waals surface area contributed by atoms with Crippen molar-refractivity contribution in [3.63, 3.8) is 0 Å². The van der Waals surface area contributed by atoms with Crippen LogP contribution >= 0.6 is 11.3 Å². The van der Waals surface area contributed by atoms with Gasteiger partial charge in [0.25, 0.3) is 0 Å². The van der Waals surface area contributed by atoms with Gasteiger partial charge in [0.15, 0.2) is 17.0 Å². The van der Waals surface area contributed by atoms with Crippen molar-refractivity contribution < 1.29 is 0 Å². The van der Waals surface area contributed by atoms with Gasteiger partial charge < -0.3 is 20.9 Å². The molecule has 4 heterocycles. The van der Waals surface area contributed by atoms with Crippen molar-refractivity contribution in [2.45, 2.75) is 38.3 Å². The smallest absolute Gasteiger partial charge is 0.226 e. The summed E-state index contributed by atoms with van der Waals surface area (Å²) in [7, 11) is 0. The number of imidazole rings is 1. The molecule has 8 nitrogen and oxygen atoms in total. The van der Waals surface area contributed by atoms with Gasteiger partial charge in [0.2, 0.25) is 5.95 Å². The predicted molar refractivity (Wildman–Crippen MR) is 125 cm³/mol. The molecule has 1 saturated carbocycles. The van der Waals surface area contributed by atoms with Crippen molar-refractivity contribution in [2.75, 3.05) is 23.7 Å². The molecule has 31 heavy (non-hydrogen) atoms. The van der Waals surface area contributed by atoms with Gasteiger partial charge in [-0.1, -0.05) is 25.0 Å². The Labute approximate surface area is 185 Å². The second-order valence-corrected chi connectivity index (χ2v) is 8.70. The zero-order chi connectivity index (χ0) is 21.0. The van der Waals surface area contributed by atoms with Gasteiger partial charge in [-0.3, -0.25) is 4.98 Å². The van der Waals surface area contributed by atoms with Crippen molar-refractivity contribution in [3.8, 4) is 10.6 Å². The Morgan fingerprint density at radius 3 is 2.74 bits per heavy atom. The molecule has 4 aromatic heterocycles. The molecule has 4 aromatic rings. The van der Waals surface area contributed by atoms with Crippen LogP contribution in [0.2, 0.25) is 0 Å². The lowest BCUT2D eigenvalue weighted by Crippen LogP contribution is -2.16. The summed E-state index contributed by atoms with van der Waals surface area (Å²) in [4.78, 5) is 19.8. The minimum atomic E-state index is 0.462.